The number of nitrogens with one attached hydrogen (secondary N) is 2. The van der Waals surface area contributed by atoms with Crippen LogP contribution >= 0.6 is 11.3 Å². The van der Waals surface area contributed by atoms with Crippen LogP contribution in [-0.2, 0) is 22.6 Å². The second-order valence-electron chi connectivity index (χ2n) is 7.66. The number of aliphatic imine (C=N–C) groups is 1. The van der Waals surface area contributed by atoms with Crippen LogP contribution in [0.15, 0.2) is 34.6 Å². The van der Waals surface area contributed by atoms with Crippen molar-refractivity contribution in [1.29, 1.82) is 0 Å². The Morgan fingerprint density at radius 1 is 1.33 bits per heavy atom. The van der Waals surface area contributed by atoms with Crippen molar-refractivity contribution in [3.8, 4) is 0 Å². The van der Waals surface area contributed by atoms with Crippen LogP contribution in [0.4, 0.5) is 5.69 Å². The quantitative estimate of drug-likeness (QED) is 0.463. The van der Waals surface area contributed by atoms with Crippen LogP contribution in [0, 0.1) is 5.92 Å². The molecule has 1 unspecified atom stereocenters. The number of hydrogen-bond acceptors (Lipinski definition) is 5. The molecule has 0 bridgehead atoms. The lowest BCUT2D eigenvalue weighted by Crippen LogP contribution is -2.38. The van der Waals surface area contributed by atoms with E-state index in [2.05, 4.69) is 26.0 Å². The van der Waals surface area contributed by atoms with E-state index in [1.165, 1.54) is 0 Å². The molecule has 0 saturated carbocycles. The van der Waals surface area contributed by atoms with E-state index in [-0.39, 0.29) is 12.0 Å². The SMILES string of the molecule is CN=C(NCc1cccc(NC(=O)CC(C)C)c1)N(C)Cc1csc(C(C)OC)n1. The van der Waals surface area contributed by atoms with Gasteiger partial charge in [0.25, 0.3) is 0 Å². The molecule has 2 rings (SSSR count). The largest absolute Gasteiger partial charge is 0.375 e. The van der Waals surface area contributed by atoms with Crippen LogP contribution in [-0.4, -0.2) is 43.0 Å². The molecular formula is C22H33N5O2S. The number of benzene rings is 1. The number of guanidine groups is 1. The normalized spacial score (nSPS) is 12.7. The van der Waals surface area contributed by atoms with Crippen molar-refractivity contribution in [2.75, 3.05) is 26.5 Å². The van der Waals surface area contributed by atoms with Gasteiger partial charge in [-0.25, -0.2) is 4.98 Å². The fraction of sp³-hybridized carbons (Fsp3) is 0.500. The minimum absolute atomic E-state index is 0.000186. The summed E-state index contributed by atoms with van der Waals surface area (Å²) in [5, 5.41) is 9.36. The van der Waals surface area contributed by atoms with Gasteiger partial charge in [0.05, 0.1) is 12.2 Å². The summed E-state index contributed by atoms with van der Waals surface area (Å²) in [5.74, 6) is 1.15. The zero-order valence-corrected chi connectivity index (χ0v) is 19.5. The second kappa shape index (κ2) is 11.7. The third-order valence-electron chi connectivity index (χ3n) is 4.50. The molecule has 164 valence electrons. The average molecular weight is 432 g/mol. The number of thiazole rings is 1. The number of nitrogens with zero attached hydrogens (tertiary/aromatic N) is 3. The predicted octanol–water partition coefficient (Wildman–Crippen LogP) is 4.04. The first-order valence-electron chi connectivity index (χ1n) is 10.1. The molecule has 8 heteroatoms. The van der Waals surface area contributed by atoms with Gasteiger partial charge >= 0.3 is 0 Å². The Bertz CT molecular complexity index is 850. The van der Waals surface area contributed by atoms with Crippen LogP contribution in [0.1, 0.15) is 49.6 Å². The Balaban J connectivity index is 1.92. The lowest BCUT2D eigenvalue weighted by molar-refractivity contribution is -0.116. The number of ether oxygens (including phenoxy) is 1. The molecule has 0 radical (unpaired) electrons. The molecule has 0 aliphatic heterocycles. The van der Waals surface area contributed by atoms with Gasteiger partial charge in [-0.05, 0) is 30.5 Å². The van der Waals surface area contributed by atoms with Gasteiger partial charge in [0.2, 0.25) is 5.91 Å². The molecule has 1 aromatic carbocycles. The number of hydrogen-bond donors (Lipinski definition) is 2. The Morgan fingerprint density at radius 3 is 2.77 bits per heavy atom. The molecule has 2 aromatic rings. The summed E-state index contributed by atoms with van der Waals surface area (Å²) in [6.07, 6.45) is 0.515. The zero-order chi connectivity index (χ0) is 22.1. The molecular weight excluding hydrogens is 398 g/mol. The summed E-state index contributed by atoms with van der Waals surface area (Å²) >= 11 is 1.61. The van der Waals surface area contributed by atoms with E-state index in [1.807, 2.05) is 57.0 Å². The molecule has 7 nitrogen and oxygen atoms in total. The lowest BCUT2D eigenvalue weighted by Gasteiger charge is -2.21. The summed E-state index contributed by atoms with van der Waals surface area (Å²) in [7, 11) is 5.44. The van der Waals surface area contributed by atoms with Crippen molar-refractivity contribution in [3.05, 3.63) is 45.9 Å². The van der Waals surface area contributed by atoms with E-state index in [4.69, 9.17) is 4.74 Å². The fourth-order valence-electron chi connectivity index (χ4n) is 2.91. The minimum Gasteiger partial charge on any atom is -0.375 e. The zero-order valence-electron chi connectivity index (χ0n) is 18.7. The van der Waals surface area contributed by atoms with E-state index in [9.17, 15) is 4.79 Å². The summed E-state index contributed by atoms with van der Waals surface area (Å²) in [6.45, 7) is 7.32. The monoisotopic (exact) mass is 431 g/mol. The molecule has 1 aromatic heterocycles. The van der Waals surface area contributed by atoms with Gasteiger partial charge in [-0.2, -0.15) is 0 Å². The van der Waals surface area contributed by atoms with Crippen molar-refractivity contribution < 1.29 is 9.53 Å². The van der Waals surface area contributed by atoms with Gasteiger partial charge in [0.1, 0.15) is 11.1 Å². The number of carbonyl (C=O) groups is 1. The van der Waals surface area contributed by atoms with Crippen molar-refractivity contribution >= 4 is 28.9 Å². The minimum atomic E-state index is -0.000186. The maximum absolute atomic E-state index is 12.0. The summed E-state index contributed by atoms with van der Waals surface area (Å²) in [6, 6.07) is 7.86. The highest BCUT2D eigenvalue weighted by molar-refractivity contribution is 7.09. The molecule has 2 N–H and O–H groups in total. The molecule has 1 amide bonds. The fourth-order valence-corrected chi connectivity index (χ4v) is 3.75. The average Bonchev–Trinajstić information content (AvgIpc) is 3.16. The van der Waals surface area contributed by atoms with Crippen LogP contribution < -0.4 is 10.6 Å². The first-order valence-corrected chi connectivity index (χ1v) is 11.0. The van der Waals surface area contributed by atoms with Gasteiger partial charge in [-0.15, -0.1) is 11.3 Å². The Hall–Kier alpha value is -2.45. The van der Waals surface area contributed by atoms with E-state index >= 15 is 0 Å². The number of carbonyl (C=O) groups excluding carboxylic acids is 1. The molecule has 30 heavy (non-hydrogen) atoms. The highest BCUT2D eigenvalue weighted by Gasteiger charge is 2.13. The number of anilines is 1. The van der Waals surface area contributed by atoms with Gasteiger partial charge in [0.15, 0.2) is 5.96 Å². The van der Waals surface area contributed by atoms with Crippen LogP contribution in [0.2, 0.25) is 0 Å². The van der Waals surface area contributed by atoms with Crippen molar-refractivity contribution in [1.82, 2.24) is 15.2 Å². The summed E-state index contributed by atoms with van der Waals surface area (Å²) in [5.41, 5.74) is 2.86. The number of aromatic nitrogens is 1. The van der Waals surface area contributed by atoms with Crippen LogP contribution in [0.3, 0.4) is 0 Å². The maximum Gasteiger partial charge on any atom is 0.224 e. The lowest BCUT2D eigenvalue weighted by atomic mass is 10.1. The van der Waals surface area contributed by atoms with Gasteiger partial charge in [0, 0.05) is 45.2 Å². The smallest absolute Gasteiger partial charge is 0.224 e. The Kier molecular flexibility index (Phi) is 9.26. The highest BCUT2D eigenvalue weighted by atomic mass is 32.1. The van der Waals surface area contributed by atoms with E-state index in [0.29, 0.717) is 25.4 Å². The van der Waals surface area contributed by atoms with E-state index in [0.717, 1.165) is 27.9 Å². The third kappa shape index (κ3) is 7.42. The van der Waals surface area contributed by atoms with Gasteiger partial charge in [-0.3, -0.25) is 9.79 Å². The van der Waals surface area contributed by atoms with E-state index in [1.54, 1.807) is 25.5 Å². The molecule has 0 aliphatic carbocycles. The van der Waals surface area contributed by atoms with Gasteiger partial charge < -0.3 is 20.3 Å². The standard InChI is InChI=1S/C22H33N5O2S/c1-15(2)10-20(28)25-18-9-7-8-17(11-18)12-24-22(23-4)27(5)13-19-14-30-21(26-19)16(3)29-6/h7-9,11,14-16H,10,12-13H2,1-6H3,(H,23,24)(H,25,28). The molecule has 0 saturated heterocycles. The van der Waals surface area contributed by atoms with Crippen molar-refractivity contribution in [3.63, 3.8) is 0 Å². The third-order valence-corrected chi connectivity index (χ3v) is 5.55. The Labute approximate surface area is 183 Å². The number of methoxy groups -OCH3 is 1. The molecule has 0 spiro atoms. The second-order valence-corrected chi connectivity index (χ2v) is 8.55. The predicted molar refractivity (Wildman–Crippen MR) is 124 cm³/mol. The first-order chi connectivity index (χ1) is 14.3. The van der Waals surface area contributed by atoms with E-state index < -0.39 is 0 Å². The molecule has 0 fully saturated rings. The van der Waals surface area contributed by atoms with Crippen LogP contribution in [0.5, 0.6) is 0 Å². The van der Waals surface area contributed by atoms with Crippen LogP contribution in [0.25, 0.3) is 0 Å². The molecule has 1 atom stereocenters. The molecule has 0 aliphatic rings. The summed E-state index contributed by atoms with van der Waals surface area (Å²) < 4.78 is 5.34. The molecule has 1 heterocycles. The number of amides is 1. The van der Waals surface area contributed by atoms with Crippen molar-refractivity contribution in [2.24, 2.45) is 10.9 Å². The topological polar surface area (TPSA) is 78.9 Å². The Morgan fingerprint density at radius 2 is 2.10 bits per heavy atom. The maximum atomic E-state index is 12.0. The number of rotatable bonds is 9. The van der Waals surface area contributed by atoms with Crippen molar-refractivity contribution in [2.45, 2.75) is 46.4 Å². The highest BCUT2D eigenvalue weighted by Crippen LogP contribution is 2.21. The van der Waals surface area contributed by atoms with Gasteiger partial charge in [-0.1, -0.05) is 26.0 Å². The summed E-state index contributed by atoms with van der Waals surface area (Å²) in [4.78, 5) is 23.1. The first kappa shape index (κ1) is 23.8.